The molecule has 3 rings (SSSR count). The van der Waals surface area contributed by atoms with Gasteiger partial charge in [0.1, 0.15) is 10.8 Å². The first-order valence-electron chi connectivity index (χ1n) is 6.32. The molecule has 3 aromatic rings. The third-order valence-corrected chi connectivity index (χ3v) is 3.18. The van der Waals surface area contributed by atoms with Gasteiger partial charge in [-0.3, -0.25) is 14.8 Å². The lowest BCUT2D eigenvalue weighted by atomic mass is 10.1. The number of fused-ring (bicyclic) bond motifs is 1. The topological polar surface area (TPSA) is 67.8 Å². The number of hydrogen-bond donors (Lipinski definition) is 1. The maximum atomic E-state index is 12.0. The third kappa shape index (κ3) is 2.98. The van der Waals surface area contributed by atoms with Gasteiger partial charge >= 0.3 is 0 Å². The largest absolute Gasteiger partial charge is 0.346 e. The Balaban J connectivity index is 1.79. The summed E-state index contributed by atoms with van der Waals surface area (Å²) in [5.74, 6) is -0.321. The van der Waals surface area contributed by atoms with Crippen molar-refractivity contribution in [3.05, 3.63) is 65.3 Å². The van der Waals surface area contributed by atoms with Crippen molar-refractivity contribution in [2.24, 2.45) is 0 Å². The van der Waals surface area contributed by atoms with E-state index >= 15 is 0 Å². The minimum absolute atomic E-state index is 0.189. The number of hydrogen-bond acceptors (Lipinski definition) is 4. The maximum absolute atomic E-state index is 12.0. The van der Waals surface area contributed by atoms with Gasteiger partial charge in [-0.05, 0) is 11.6 Å². The van der Waals surface area contributed by atoms with Gasteiger partial charge in [0.25, 0.3) is 5.91 Å². The van der Waals surface area contributed by atoms with Crippen LogP contribution in [0, 0.1) is 0 Å². The molecule has 0 radical (unpaired) electrons. The van der Waals surface area contributed by atoms with Crippen molar-refractivity contribution in [2.75, 3.05) is 0 Å². The quantitative estimate of drug-likeness (QED) is 0.807. The Kier molecular flexibility index (Phi) is 3.75. The van der Waals surface area contributed by atoms with E-state index in [1.165, 1.54) is 12.4 Å². The van der Waals surface area contributed by atoms with Gasteiger partial charge in [0.15, 0.2) is 0 Å². The summed E-state index contributed by atoms with van der Waals surface area (Å²) in [6, 6.07) is 9.71. The molecule has 6 heteroatoms. The molecule has 0 saturated carbocycles. The summed E-state index contributed by atoms with van der Waals surface area (Å²) in [5.41, 5.74) is 2.00. The van der Waals surface area contributed by atoms with Crippen molar-refractivity contribution in [1.82, 2.24) is 20.3 Å². The number of halogens is 1. The molecule has 1 amide bonds. The Morgan fingerprint density at radius 2 is 2.05 bits per heavy atom. The molecule has 1 aromatic carbocycles. The van der Waals surface area contributed by atoms with E-state index in [9.17, 15) is 4.79 Å². The molecule has 0 aliphatic carbocycles. The van der Waals surface area contributed by atoms with Crippen LogP contribution in [0.15, 0.2) is 48.9 Å². The highest BCUT2D eigenvalue weighted by molar-refractivity contribution is 6.29. The highest BCUT2D eigenvalue weighted by Crippen LogP contribution is 2.15. The molecule has 0 unspecified atom stereocenters. The summed E-state index contributed by atoms with van der Waals surface area (Å²) in [6.07, 6.45) is 4.49. The number of nitrogens with zero attached hydrogens (tertiary/aromatic N) is 3. The van der Waals surface area contributed by atoms with E-state index in [1.807, 2.05) is 30.3 Å². The first-order valence-corrected chi connectivity index (χ1v) is 6.70. The van der Waals surface area contributed by atoms with E-state index in [-0.39, 0.29) is 16.8 Å². The van der Waals surface area contributed by atoms with Gasteiger partial charge in [0.05, 0.1) is 17.9 Å². The van der Waals surface area contributed by atoms with Crippen LogP contribution in [0.5, 0.6) is 0 Å². The summed E-state index contributed by atoms with van der Waals surface area (Å²) < 4.78 is 0. The Labute approximate surface area is 126 Å². The minimum Gasteiger partial charge on any atom is -0.346 e. The normalized spacial score (nSPS) is 10.5. The van der Waals surface area contributed by atoms with Crippen molar-refractivity contribution in [3.63, 3.8) is 0 Å². The highest BCUT2D eigenvalue weighted by atomic mass is 35.5. The molecule has 21 heavy (non-hydrogen) atoms. The molecule has 1 N–H and O–H groups in total. The zero-order valence-corrected chi connectivity index (χ0v) is 11.7. The van der Waals surface area contributed by atoms with Crippen LogP contribution < -0.4 is 5.32 Å². The zero-order valence-electron chi connectivity index (χ0n) is 11.0. The average Bonchev–Trinajstić information content (AvgIpc) is 2.52. The van der Waals surface area contributed by atoms with Crippen LogP contribution in [-0.4, -0.2) is 20.9 Å². The van der Waals surface area contributed by atoms with E-state index in [2.05, 4.69) is 20.3 Å². The summed E-state index contributed by atoms with van der Waals surface area (Å²) in [6.45, 7) is 0.362. The lowest BCUT2D eigenvalue weighted by molar-refractivity contribution is 0.0945. The molecule has 5 nitrogen and oxygen atoms in total. The molecule has 0 atom stereocenters. The molecule has 0 spiro atoms. The number of pyridine rings is 1. The van der Waals surface area contributed by atoms with Gasteiger partial charge in [-0.1, -0.05) is 35.9 Å². The van der Waals surface area contributed by atoms with Crippen LogP contribution in [0.25, 0.3) is 10.9 Å². The molecule has 0 aliphatic rings. The van der Waals surface area contributed by atoms with Crippen molar-refractivity contribution in [2.45, 2.75) is 6.54 Å². The fraction of sp³-hybridized carbons (Fsp3) is 0.0667. The standard InChI is InChI=1S/C15H11ClN4O/c16-13-9-17-8-12(20-13)15(21)19-7-11-4-1-3-10-5-2-6-18-14(10)11/h1-6,8-9H,7H2,(H,19,21). The summed E-state index contributed by atoms with van der Waals surface area (Å²) >= 11 is 5.72. The molecule has 0 aliphatic heterocycles. The van der Waals surface area contributed by atoms with E-state index in [4.69, 9.17) is 11.6 Å². The molecular weight excluding hydrogens is 288 g/mol. The Bertz CT molecular complexity index is 801. The fourth-order valence-corrected chi connectivity index (χ4v) is 2.18. The van der Waals surface area contributed by atoms with Crippen LogP contribution in [-0.2, 0) is 6.54 Å². The first-order chi connectivity index (χ1) is 10.2. The number of nitrogens with one attached hydrogen (secondary N) is 1. The number of amides is 1. The lowest BCUT2D eigenvalue weighted by Crippen LogP contribution is -2.24. The Morgan fingerprint density at radius 3 is 2.90 bits per heavy atom. The second-order valence-corrected chi connectivity index (χ2v) is 4.79. The molecule has 104 valence electrons. The van der Waals surface area contributed by atoms with E-state index in [1.54, 1.807) is 6.20 Å². The number of rotatable bonds is 3. The molecule has 2 heterocycles. The second-order valence-electron chi connectivity index (χ2n) is 4.40. The van der Waals surface area contributed by atoms with Crippen LogP contribution in [0.4, 0.5) is 0 Å². The van der Waals surface area contributed by atoms with Crippen molar-refractivity contribution >= 4 is 28.4 Å². The first kappa shape index (κ1) is 13.5. The monoisotopic (exact) mass is 298 g/mol. The van der Waals surface area contributed by atoms with Gasteiger partial charge in [0, 0.05) is 18.1 Å². The smallest absolute Gasteiger partial charge is 0.271 e. The lowest BCUT2D eigenvalue weighted by Gasteiger charge is -2.07. The van der Waals surface area contributed by atoms with Crippen LogP contribution >= 0.6 is 11.6 Å². The average molecular weight is 299 g/mol. The van der Waals surface area contributed by atoms with Gasteiger partial charge in [-0.25, -0.2) is 4.98 Å². The van der Waals surface area contributed by atoms with E-state index < -0.39 is 0 Å². The highest BCUT2D eigenvalue weighted by Gasteiger charge is 2.09. The molecule has 0 saturated heterocycles. The Hall–Kier alpha value is -2.53. The predicted molar refractivity (Wildman–Crippen MR) is 80.0 cm³/mol. The van der Waals surface area contributed by atoms with Gasteiger partial charge in [-0.15, -0.1) is 0 Å². The zero-order chi connectivity index (χ0) is 14.7. The predicted octanol–water partition coefficient (Wildman–Crippen LogP) is 2.61. The Morgan fingerprint density at radius 1 is 1.19 bits per heavy atom. The van der Waals surface area contributed by atoms with Crippen molar-refractivity contribution < 1.29 is 4.79 Å². The molecule has 0 fully saturated rings. The summed E-state index contributed by atoms with van der Waals surface area (Å²) in [4.78, 5) is 24.1. The molecular formula is C15H11ClN4O. The number of para-hydroxylation sites is 1. The van der Waals surface area contributed by atoms with Crippen LogP contribution in [0.1, 0.15) is 16.1 Å². The van der Waals surface area contributed by atoms with Crippen LogP contribution in [0.2, 0.25) is 5.15 Å². The molecule has 0 bridgehead atoms. The van der Waals surface area contributed by atoms with Gasteiger partial charge in [-0.2, -0.15) is 0 Å². The van der Waals surface area contributed by atoms with E-state index in [0.29, 0.717) is 6.54 Å². The number of carbonyl (C=O) groups excluding carboxylic acids is 1. The van der Waals surface area contributed by atoms with Crippen molar-refractivity contribution in [3.8, 4) is 0 Å². The third-order valence-electron chi connectivity index (χ3n) is 2.99. The number of carbonyl (C=O) groups is 1. The van der Waals surface area contributed by atoms with Gasteiger partial charge in [0.2, 0.25) is 0 Å². The fourth-order valence-electron chi connectivity index (χ4n) is 2.03. The van der Waals surface area contributed by atoms with Crippen LogP contribution in [0.3, 0.4) is 0 Å². The number of benzene rings is 1. The maximum Gasteiger partial charge on any atom is 0.271 e. The summed E-state index contributed by atoms with van der Waals surface area (Å²) in [7, 11) is 0. The number of aromatic nitrogens is 3. The SMILES string of the molecule is O=C(NCc1cccc2cccnc12)c1cncc(Cl)n1. The van der Waals surface area contributed by atoms with E-state index in [0.717, 1.165) is 16.5 Å². The molecule has 2 aromatic heterocycles. The van der Waals surface area contributed by atoms with Crippen molar-refractivity contribution in [1.29, 1.82) is 0 Å². The van der Waals surface area contributed by atoms with Gasteiger partial charge < -0.3 is 5.32 Å². The second kappa shape index (κ2) is 5.85. The summed E-state index contributed by atoms with van der Waals surface area (Å²) in [5, 5.41) is 4.02. The minimum atomic E-state index is -0.321.